The van der Waals surface area contributed by atoms with Gasteiger partial charge in [0.2, 0.25) is 11.8 Å². The number of rotatable bonds is 5. The predicted octanol–water partition coefficient (Wildman–Crippen LogP) is 2.56. The molecule has 3 unspecified atom stereocenters. The van der Waals surface area contributed by atoms with Gasteiger partial charge >= 0.3 is 10.2 Å². The van der Waals surface area contributed by atoms with Gasteiger partial charge in [0.05, 0.1) is 34.4 Å². The molecule has 1 heterocycles. The number of carbonyl (C=O) groups is 2. The molecular weight excluding hydrogens is 551 g/mol. The lowest BCUT2D eigenvalue weighted by atomic mass is 9.47. The van der Waals surface area contributed by atoms with Crippen molar-refractivity contribution in [2.75, 3.05) is 23.9 Å². The highest BCUT2D eigenvalue weighted by Gasteiger charge is 2.58. The molecule has 5 fully saturated rings. The molecule has 198 valence electrons. The van der Waals surface area contributed by atoms with E-state index in [1.807, 2.05) is 0 Å². The first-order valence-electron chi connectivity index (χ1n) is 11.9. The lowest BCUT2D eigenvalue weighted by molar-refractivity contribution is -0.147. The van der Waals surface area contributed by atoms with Gasteiger partial charge < -0.3 is 16.2 Å². The second-order valence-corrected chi connectivity index (χ2v) is 14.3. The van der Waals surface area contributed by atoms with Crippen molar-refractivity contribution in [3.05, 3.63) is 27.2 Å². The summed E-state index contributed by atoms with van der Waals surface area (Å²) >= 11 is 18.6. The molecule has 2 amide bonds. The number of carbonyl (C=O) groups excluding carboxylic acids is 2. The molecule has 4 bridgehead atoms. The first-order valence-corrected chi connectivity index (χ1v) is 14.5. The van der Waals surface area contributed by atoms with Gasteiger partial charge in [0.25, 0.3) is 0 Å². The Kier molecular flexibility index (Phi) is 6.49. The predicted molar refractivity (Wildman–Crippen MR) is 137 cm³/mol. The smallest absolute Gasteiger partial charge is 0.304 e. The summed E-state index contributed by atoms with van der Waals surface area (Å²) in [5.74, 6) is -0.0138. The number of primary amides is 1. The number of aliphatic hydroxyl groups is 1. The average Bonchev–Trinajstić information content (AvgIpc) is 2.72. The standard InChI is InChI=1S/C23H29Cl3N4O5S/c1-22(33)10-29(36(34,35)30(11-22)20-16(25)4-15(24)5-17(20)26)9-18(31)28-19-13-2-12-3-14(19)8-23(6-12,7-13)21(27)32/h4-5,12-14,19,33H,2-3,6-11H2,1H3,(H2,27,32)(H,28,31). The number of benzene rings is 1. The maximum absolute atomic E-state index is 13.5. The number of nitrogens with zero attached hydrogens (tertiary/aromatic N) is 2. The van der Waals surface area contributed by atoms with Crippen molar-refractivity contribution in [3.63, 3.8) is 0 Å². The van der Waals surface area contributed by atoms with Gasteiger partial charge in [0, 0.05) is 23.0 Å². The molecule has 5 aliphatic rings. The average molecular weight is 580 g/mol. The number of nitrogens with two attached hydrogens (primary N) is 1. The lowest BCUT2D eigenvalue weighted by Crippen LogP contribution is -2.65. The first kappa shape index (κ1) is 26.3. The molecule has 1 saturated heterocycles. The fraction of sp³-hybridized carbons (Fsp3) is 0.652. The van der Waals surface area contributed by atoms with Crippen molar-refractivity contribution in [2.45, 2.75) is 50.7 Å². The Morgan fingerprint density at radius 1 is 1.11 bits per heavy atom. The van der Waals surface area contributed by atoms with Crippen LogP contribution in [0.1, 0.15) is 39.0 Å². The van der Waals surface area contributed by atoms with Crippen molar-refractivity contribution in [1.29, 1.82) is 0 Å². The van der Waals surface area contributed by atoms with Gasteiger partial charge in [-0.15, -0.1) is 0 Å². The zero-order chi connectivity index (χ0) is 26.2. The van der Waals surface area contributed by atoms with Crippen LogP contribution in [0.3, 0.4) is 0 Å². The van der Waals surface area contributed by atoms with Crippen LogP contribution in [0, 0.1) is 23.2 Å². The van der Waals surface area contributed by atoms with E-state index in [0.29, 0.717) is 18.8 Å². The van der Waals surface area contributed by atoms with Crippen LogP contribution in [-0.4, -0.2) is 60.9 Å². The van der Waals surface area contributed by atoms with Crippen molar-refractivity contribution >= 4 is 62.5 Å². The second-order valence-electron chi connectivity index (χ2n) is 11.2. The lowest BCUT2D eigenvalue weighted by Gasteiger charge is -2.58. The van der Waals surface area contributed by atoms with E-state index in [2.05, 4.69) is 5.32 Å². The maximum Gasteiger partial charge on any atom is 0.304 e. The van der Waals surface area contributed by atoms with Gasteiger partial charge in [-0.05, 0) is 68.9 Å². The molecule has 9 nitrogen and oxygen atoms in total. The van der Waals surface area contributed by atoms with E-state index in [9.17, 15) is 23.1 Å². The molecule has 0 spiro atoms. The van der Waals surface area contributed by atoms with Crippen molar-refractivity contribution < 1.29 is 23.1 Å². The SMILES string of the molecule is CC1(O)CN(CC(=O)NC2C3CC4CC2CC(C(N)=O)(C4)C3)S(=O)(=O)N(c2c(Cl)cc(Cl)cc2Cl)C1. The Morgan fingerprint density at radius 2 is 1.69 bits per heavy atom. The molecule has 1 aliphatic heterocycles. The molecule has 3 atom stereocenters. The summed E-state index contributed by atoms with van der Waals surface area (Å²) in [5, 5.41) is 14.2. The number of β-amino-alcohol motifs (C(OH)–C–C–N with tert-alkyl or cyclic N) is 1. The molecule has 4 saturated carbocycles. The molecule has 1 aromatic rings. The van der Waals surface area contributed by atoms with Gasteiger partial charge in [0.15, 0.2) is 0 Å². The normalized spacial score (nSPS) is 37.2. The summed E-state index contributed by atoms with van der Waals surface area (Å²) in [6.45, 7) is 0.445. The van der Waals surface area contributed by atoms with Crippen LogP contribution in [-0.2, 0) is 19.8 Å². The van der Waals surface area contributed by atoms with Crippen LogP contribution >= 0.6 is 34.8 Å². The Labute approximate surface area is 225 Å². The van der Waals surface area contributed by atoms with E-state index in [4.69, 9.17) is 40.5 Å². The summed E-state index contributed by atoms with van der Waals surface area (Å²) < 4.78 is 28.9. The van der Waals surface area contributed by atoms with Crippen molar-refractivity contribution in [3.8, 4) is 0 Å². The van der Waals surface area contributed by atoms with Crippen LogP contribution in [0.4, 0.5) is 5.69 Å². The number of anilines is 1. The summed E-state index contributed by atoms with van der Waals surface area (Å²) in [6.07, 6.45) is 3.97. The first-order chi connectivity index (χ1) is 16.7. The van der Waals surface area contributed by atoms with E-state index < -0.39 is 33.7 Å². The van der Waals surface area contributed by atoms with E-state index in [-0.39, 0.29) is 57.6 Å². The largest absolute Gasteiger partial charge is 0.387 e. The minimum Gasteiger partial charge on any atom is -0.387 e. The third kappa shape index (κ3) is 4.47. The molecular formula is C23H29Cl3N4O5S. The monoisotopic (exact) mass is 578 g/mol. The zero-order valence-electron chi connectivity index (χ0n) is 19.7. The Balaban J connectivity index is 1.35. The summed E-state index contributed by atoms with van der Waals surface area (Å²) in [6, 6.07) is 2.60. The Morgan fingerprint density at radius 3 is 2.25 bits per heavy atom. The van der Waals surface area contributed by atoms with E-state index in [1.165, 1.54) is 19.1 Å². The fourth-order valence-electron chi connectivity index (χ4n) is 7.10. The van der Waals surface area contributed by atoms with E-state index >= 15 is 0 Å². The molecule has 36 heavy (non-hydrogen) atoms. The van der Waals surface area contributed by atoms with Crippen LogP contribution < -0.4 is 15.4 Å². The highest BCUT2D eigenvalue weighted by molar-refractivity contribution is 7.90. The van der Waals surface area contributed by atoms with Crippen molar-refractivity contribution in [2.24, 2.45) is 28.9 Å². The summed E-state index contributed by atoms with van der Waals surface area (Å²) in [7, 11) is -4.25. The van der Waals surface area contributed by atoms with Gasteiger partial charge in [-0.25, -0.2) is 0 Å². The van der Waals surface area contributed by atoms with Crippen LogP contribution in [0.15, 0.2) is 12.1 Å². The Hall–Kier alpha value is -1.30. The zero-order valence-corrected chi connectivity index (χ0v) is 22.8. The molecule has 4 N–H and O–H groups in total. The number of hydrogen-bond acceptors (Lipinski definition) is 5. The van der Waals surface area contributed by atoms with Crippen LogP contribution in [0.5, 0.6) is 0 Å². The molecule has 4 aliphatic carbocycles. The molecule has 0 radical (unpaired) electrons. The topological polar surface area (TPSA) is 133 Å². The second kappa shape index (κ2) is 8.88. The van der Waals surface area contributed by atoms with Crippen LogP contribution in [0.2, 0.25) is 15.1 Å². The number of halogens is 3. The third-order valence-electron chi connectivity index (χ3n) is 8.28. The number of nitrogens with one attached hydrogen (secondary N) is 1. The van der Waals surface area contributed by atoms with Crippen molar-refractivity contribution in [1.82, 2.24) is 9.62 Å². The van der Waals surface area contributed by atoms with Gasteiger partial charge in [-0.1, -0.05) is 34.8 Å². The highest BCUT2D eigenvalue weighted by atomic mass is 35.5. The minimum absolute atomic E-state index is 0.00842. The number of hydrogen-bond donors (Lipinski definition) is 3. The highest BCUT2D eigenvalue weighted by Crippen LogP contribution is 2.59. The summed E-state index contributed by atoms with van der Waals surface area (Å²) in [5.41, 5.74) is 3.79. The third-order valence-corrected chi connectivity index (χ3v) is 10.9. The van der Waals surface area contributed by atoms with Gasteiger partial charge in [-0.3, -0.25) is 13.9 Å². The van der Waals surface area contributed by atoms with Gasteiger partial charge in [-0.2, -0.15) is 12.7 Å². The maximum atomic E-state index is 13.5. The molecule has 1 aromatic carbocycles. The van der Waals surface area contributed by atoms with E-state index in [0.717, 1.165) is 27.9 Å². The molecule has 6 rings (SSSR count). The minimum atomic E-state index is -4.25. The molecule has 13 heteroatoms. The van der Waals surface area contributed by atoms with Gasteiger partial charge in [0.1, 0.15) is 0 Å². The molecule has 0 aromatic heterocycles. The Bertz CT molecular complexity index is 1190. The summed E-state index contributed by atoms with van der Waals surface area (Å²) in [4.78, 5) is 25.4. The fourth-order valence-corrected chi connectivity index (χ4v) is 10.1. The quantitative estimate of drug-likeness (QED) is 0.493. The number of amides is 2. The van der Waals surface area contributed by atoms with Crippen LogP contribution in [0.25, 0.3) is 0 Å². The van der Waals surface area contributed by atoms with E-state index in [1.54, 1.807) is 0 Å².